The average molecular weight is 209 g/mol. The SMILES string of the molecule is CC1CCC(N2CCCC(=O)C2)CC1C. The van der Waals surface area contributed by atoms with Gasteiger partial charge in [0.15, 0.2) is 0 Å². The summed E-state index contributed by atoms with van der Waals surface area (Å²) in [5.41, 5.74) is 0. The minimum absolute atomic E-state index is 0.451. The maximum Gasteiger partial charge on any atom is 0.146 e. The Bertz CT molecular complexity index is 239. The summed E-state index contributed by atoms with van der Waals surface area (Å²) in [6, 6.07) is 0.695. The maximum atomic E-state index is 11.4. The highest BCUT2D eigenvalue weighted by atomic mass is 16.1. The monoisotopic (exact) mass is 209 g/mol. The van der Waals surface area contributed by atoms with Gasteiger partial charge in [-0.15, -0.1) is 0 Å². The second-order valence-corrected chi connectivity index (χ2v) is 5.53. The molecule has 1 heterocycles. The molecule has 0 aromatic heterocycles. The van der Waals surface area contributed by atoms with Gasteiger partial charge >= 0.3 is 0 Å². The molecule has 0 aromatic rings. The molecule has 1 saturated heterocycles. The third kappa shape index (κ3) is 2.60. The van der Waals surface area contributed by atoms with Crippen molar-refractivity contribution in [2.45, 2.75) is 52.0 Å². The van der Waals surface area contributed by atoms with Gasteiger partial charge in [-0.25, -0.2) is 0 Å². The van der Waals surface area contributed by atoms with E-state index in [2.05, 4.69) is 18.7 Å². The molecule has 0 aromatic carbocycles. The summed E-state index contributed by atoms with van der Waals surface area (Å²) < 4.78 is 0. The highest BCUT2D eigenvalue weighted by molar-refractivity contribution is 5.81. The third-order valence-electron chi connectivity index (χ3n) is 4.37. The quantitative estimate of drug-likeness (QED) is 0.661. The molecule has 15 heavy (non-hydrogen) atoms. The van der Waals surface area contributed by atoms with Crippen molar-refractivity contribution in [3.63, 3.8) is 0 Å². The van der Waals surface area contributed by atoms with Crippen molar-refractivity contribution in [2.24, 2.45) is 11.8 Å². The molecular formula is C13H23NO. The summed E-state index contributed by atoms with van der Waals surface area (Å²) in [4.78, 5) is 13.9. The van der Waals surface area contributed by atoms with Gasteiger partial charge in [-0.3, -0.25) is 9.69 Å². The Balaban J connectivity index is 1.90. The summed E-state index contributed by atoms with van der Waals surface area (Å²) in [5.74, 6) is 2.16. The van der Waals surface area contributed by atoms with Gasteiger partial charge in [0.1, 0.15) is 5.78 Å². The largest absolute Gasteiger partial charge is 0.298 e. The van der Waals surface area contributed by atoms with E-state index < -0.39 is 0 Å². The van der Waals surface area contributed by atoms with Crippen LogP contribution in [0.5, 0.6) is 0 Å². The van der Waals surface area contributed by atoms with E-state index in [0.29, 0.717) is 11.8 Å². The van der Waals surface area contributed by atoms with E-state index in [4.69, 9.17) is 0 Å². The van der Waals surface area contributed by atoms with Crippen LogP contribution in [0.2, 0.25) is 0 Å². The molecule has 0 spiro atoms. The van der Waals surface area contributed by atoms with Crippen molar-refractivity contribution in [3.8, 4) is 0 Å². The third-order valence-corrected chi connectivity index (χ3v) is 4.37. The summed E-state index contributed by atoms with van der Waals surface area (Å²) in [6.07, 6.45) is 5.85. The van der Waals surface area contributed by atoms with Gasteiger partial charge in [0, 0.05) is 12.5 Å². The lowest BCUT2D eigenvalue weighted by Gasteiger charge is -2.40. The predicted octanol–water partition coefficient (Wildman–Crippen LogP) is 2.48. The highest BCUT2D eigenvalue weighted by Crippen LogP contribution is 2.32. The average Bonchev–Trinajstić information content (AvgIpc) is 2.22. The van der Waals surface area contributed by atoms with Gasteiger partial charge in [-0.05, 0) is 44.1 Å². The minimum Gasteiger partial charge on any atom is -0.298 e. The Morgan fingerprint density at radius 1 is 1.20 bits per heavy atom. The molecule has 2 fully saturated rings. The van der Waals surface area contributed by atoms with E-state index in [9.17, 15) is 4.79 Å². The van der Waals surface area contributed by atoms with Gasteiger partial charge in [0.05, 0.1) is 6.54 Å². The Kier molecular flexibility index (Phi) is 3.45. The van der Waals surface area contributed by atoms with E-state index in [1.165, 1.54) is 19.3 Å². The number of rotatable bonds is 1. The zero-order valence-electron chi connectivity index (χ0n) is 10.0. The van der Waals surface area contributed by atoms with Crippen LogP contribution in [0.15, 0.2) is 0 Å². The molecule has 2 aliphatic rings. The van der Waals surface area contributed by atoms with Crippen molar-refractivity contribution in [1.82, 2.24) is 4.90 Å². The molecule has 0 bridgehead atoms. The molecule has 3 atom stereocenters. The van der Waals surface area contributed by atoms with Crippen molar-refractivity contribution in [2.75, 3.05) is 13.1 Å². The fourth-order valence-corrected chi connectivity index (χ4v) is 3.03. The normalized spacial score (nSPS) is 39.3. The molecule has 0 radical (unpaired) electrons. The standard InChI is InChI=1S/C13H23NO/c1-10-5-6-12(8-11(10)2)14-7-3-4-13(15)9-14/h10-12H,3-9H2,1-2H3. The molecule has 3 unspecified atom stereocenters. The number of likely N-dealkylation sites (tertiary alicyclic amines) is 1. The van der Waals surface area contributed by atoms with Crippen LogP contribution in [0, 0.1) is 11.8 Å². The number of carbonyl (C=O) groups excluding carboxylic acids is 1. The van der Waals surface area contributed by atoms with E-state index in [0.717, 1.165) is 37.8 Å². The summed E-state index contributed by atoms with van der Waals surface area (Å²) in [6.45, 7) is 6.61. The lowest BCUT2D eigenvalue weighted by molar-refractivity contribution is -0.123. The minimum atomic E-state index is 0.451. The molecule has 1 saturated carbocycles. The van der Waals surface area contributed by atoms with Crippen LogP contribution in [0.25, 0.3) is 0 Å². The molecule has 2 rings (SSSR count). The molecule has 2 nitrogen and oxygen atoms in total. The first-order valence-electron chi connectivity index (χ1n) is 6.42. The van der Waals surface area contributed by atoms with Crippen LogP contribution in [0.1, 0.15) is 46.0 Å². The first kappa shape index (κ1) is 11.1. The van der Waals surface area contributed by atoms with Crippen molar-refractivity contribution in [1.29, 1.82) is 0 Å². The van der Waals surface area contributed by atoms with Crippen LogP contribution in [0.3, 0.4) is 0 Å². The van der Waals surface area contributed by atoms with Crippen LogP contribution >= 0.6 is 0 Å². The van der Waals surface area contributed by atoms with Crippen LogP contribution < -0.4 is 0 Å². The molecule has 2 heteroatoms. The first-order chi connectivity index (χ1) is 7.16. The smallest absolute Gasteiger partial charge is 0.146 e. The number of piperidine rings is 1. The summed E-state index contributed by atoms with van der Waals surface area (Å²) >= 11 is 0. The fraction of sp³-hybridized carbons (Fsp3) is 0.923. The number of hydrogen-bond donors (Lipinski definition) is 0. The number of ketones is 1. The van der Waals surface area contributed by atoms with Crippen molar-refractivity contribution >= 4 is 5.78 Å². The number of Topliss-reactive ketones (excluding diaryl/α,β-unsaturated/α-hetero) is 1. The number of carbonyl (C=O) groups is 1. The van der Waals surface area contributed by atoms with Crippen LogP contribution in [0.4, 0.5) is 0 Å². The lowest BCUT2D eigenvalue weighted by atomic mass is 9.78. The van der Waals surface area contributed by atoms with Gasteiger partial charge in [0.25, 0.3) is 0 Å². The Morgan fingerprint density at radius 2 is 2.00 bits per heavy atom. The first-order valence-corrected chi connectivity index (χ1v) is 6.42. The Morgan fingerprint density at radius 3 is 2.67 bits per heavy atom. The molecule has 0 amide bonds. The van der Waals surface area contributed by atoms with Gasteiger partial charge in [0.2, 0.25) is 0 Å². The molecule has 1 aliphatic heterocycles. The Hall–Kier alpha value is -0.370. The zero-order valence-corrected chi connectivity index (χ0v) is 10.0. The lowest BCUT2D eigenvalue weighted by Crippen LogP contribution is -2.45. The molecular weight excluding hydrogens is 186 g/mol. The van der Waals surface area contributed by atoms with Gasteiger partial charge in [-0.1, -0.05) is 13.8 Å². The molecule has 0 N–H and O–H groups in total. The molecule has 1 aliphatic carbocycles. The second kappa shape index (κ2) is 4.65. The molecule has 86 valence electrons. The predicted molar refractivity (Wildman–Crippen MR) is 61.8 cm³/mol. The number of hydrogen-bond acceptors (Lipinski definition) is 2. The van der Waals surface area contributed by atoms with Gasteiger partial charge in [-0.2, -0.15) is 0 Å². The summed E-state index contributed by atoms with van der Waals surface area (Å²) in [7, 11) is 0. The van der Waals surface area contributed by atoms with Crippen LogP contribution in [-0.4, -0.2) is 29.8 Å². The number of nitrogens with zero attached hydrogens (tertiary/aromatic N) is 1. The van der Waals surface area contributed by atoms with Crippen molar-refractivity contribution < 1.29 is 4.79 Å². The Labute approximate surface area is 93.0 Å². The van der Waals surface area contributed by atoms with Crippen molar-refractivity contribution in [3.05, 3.63) is 0 Å². The summed E-state index contributed by atoms with van der Waals surface area (Å²) in [5, 5.41) is 0. The maximum absolute atomic E-state index is 11.4. The van der Waals surface area contributed by atoms with E-state index in [1.807, 2.05) is 0 Å². The zero-order chi connectivity index (χ0) is 10.8. The second-order valence-electron chi connectivity index (χ2n) is 5.53. The van der Waals surface area contributed by atoms with E-state index >= 15 is 0 Å². The van der Waals surface area contributed by atoms with Crippen LogP contribution in [-0.2, 0) is 4.79 Å². The highest BCUT2D eigenvalue weighted by Gasteiger charge is 2.30. The van der Waals surface area contributed by atoms with E-state index in [1.54, 1.807) is 0 Å². The van der Waals surface area contributed by atoms with E-state index in [-0.39, 0.29) is 0 Å². The topological polar surface area (TPSA) is 20.3 Å². The fourth-order valence-electron chi connectivity index (χ4n) is 3.03. The van der Waals surface area contributed by atoms with Gasteiger partial charge < -0.3 is 0 Å².